The van der Waals surface area contributed by atoms with Crippen LogP contribution in [0.4, 0.5) is 0 Å². The summed E-state index contributed by atoms with van der Waals surface area (Å²) < 4.78 is 26.9. The van der Waals surface area contributed by atoms with Gasteiger partial charge in [-0.3, -0.25) is 0 Å². The van der Waals surface area contributed by atoms with E-state index in [1.807, 2.05) is 0 Å². The second kappa shape index (κ2) is 5.09. The minimum atomic E-state index is -3.39. The predicted octanol–water partition coefficient (Wildman–Crippen LogP) is 2.15. The summed E-state index contributed by atoms with van der Waals surface area (Å²) in [7, 11) is -3.39. The van der Waals surface area contributed by atoms with Crippen molar-refractivity contribution >= 4 is 32.6 Å². The van der Waals surface area contributed by atoms with Crippen molar-refractivity contribution in [3.63, 3.8) is 0 Å². The lowest BCUT2D eigenvalue weighted by Gasteiger charge is -2.06. The van der Waals surface area contributed by atoms with Crippen LogP contribution in [0.3, 0.4) is 0 Å². The molecule has 3 nitrogen and oxygen atoms in total. The number of hydrogen-bond donors (Lipinski definition) is 1. The lowest BCUT2D eigenvalue weighted by atomic mass is 10.4. The third-order valence-electron chi connectivity index (χ3n) is 1.69. The van der Waals surface area contributed by atoms with Gasteiger partial charge in [-0.25, -0.2) is 13.1 Å². The van der Waals surface area contributed by atoms with Crippen LogP contribution in [0.5, 0.6) is 0 Å². The molecule has 0 heterocycles. The molecule has 5 heteroatoms. The molecule has 0 saturated heterocycles. The second-order valence-corrected chi connectivity index (χ2v) is 6.25. The summed E-state index contributed by atoms with van der Waals surface area (Å²) in [5, 5.41) is 0. The molecule has 0 aliphatic carbocycles. The van der Waals surface area contributed by atoms with Crippen molar-refractivity contribution < 1.29 is 8.42 Å². The summed E-state index contributed by atoms with van der Waals surface area (Å²) in [5.41, 5.74) is 0.782. The summed E-state index contributed by atoms with van der Waals surface area (Å²) in [5.74, 6) is 0. The maximum Gasteiger partial charge on any atom is 0.240 e. The van der Waals surface area contributed by atoms with E-state index in [-0.39, 0.29) is 11.4 Å². The standard InChI is InChI=1S/C10H12INO2S/c1-8(2)7-12-15(13,14)10-5-3-9(11)4-6-10/h3-6,12H,1,7H2,2H3. The van der Waals surface area contributed by atoms with Crippen molar-refractivity contribution in [2.24, 2.45) is 0 Å². The largest absolute Gasteiger partial charge is 0.240 e. The van der Waals surface area contributed by atoms with E-state index in [0.29, 0.717) is 0 Å². The summed E-state index contributed by atoms with van der Waals surface area (Å²) in [6.45, 7) is 5.68. The molecule has 0 aliphatic rings. The molecule has 1 aromatic rings. The van der Waals surface area contributed by atoms with E-state index < -0.39 is 10.0 Å². The maximum atomic E-state index is 11.7. The van der Waals surface area contributed by atoms with Crippen LogP contribution < -0.4 is 4.72 Å². The van der Waals surface area contributed by atoms with Gasteiger partial charge in [-0.1, -0.05) is 12.2 Å². The lowest BCUT2D eigenvalue weighted by Crippen LogP contribution is -2.25. The van der Waals surface area contributed by atoms with Crippen LogP contribution >= 0.6 is 22.6 Å². The molecule has 1 aromatic carbocycles. The number of nitrogens with one attached hydrogen (secondary N) is 1. The SMILES string of the molecule is C=C(C)CNS(=O)(=O)c1ccc(I)cc1. The van der Waals surface area contributed by atoms with Gasteiger partial charge in [-0.15, -0.1) is 0 Å². The quantitative estimate of drug-likeness (QED) is 0.676. The van der Waals surface area contributed by atoms with E-state index in [0.717, 1.165) is 9.14 Å². The first-order valence-electron chi connectivity index (χ1n) is 4.31. The van der Waals surface area contributed by atoms with Crippen molar-refractivity contribution in [3.8, 4) is 0 Å². The van der Waals surface area contributed by atoms with Gasteiger partial charge in [0.05, 0.1) is 4.90 Å². The highest BCUT2D eigenvalue weighted by atomic mass is 127. The number of hydrogen-bond acceptors (Lipinski definition) is 2. The Hall–Kier alpha value is -0.400. The minimum absolute atomic E-state index is 0.272. The molecule has 0 aliphatic heterocycles. The molecule has 0 atom stereocenters. The number of halogens is 1. The van der Waals surface area contributed by atoms with E-state index in [2.05, 4.69) is 33.9 Å². The van der Waals surface area contributed by atoms with E-state index in [9.17, 15) is 8.42 Å². The maximum absolute atomic E-state index is 11.7. The predicted molar refractivity (Wildman–Crippen MR) is 69.2 cm³/mol. The Morgan fingerprint density at radius 2 is 1.93 bits per heavy atom. The lowest BCUT2D eigenvalue weighted by molar-refractivity contribution is 0.584. The molecule has 0 unspecified atom stereocenters. The highest BCUT2D eigenvalue weighted by molar-refractivity contribution is 14.1. The van der Waals surface area contributed by atoms with E-state index in [4.69, 9.17) is 0 Å². The first-order valence-corrected chi connectivity index (χ1v) is 6.87. The van der Waals surface area contributed by atoms with Gasteiger partial charge in [0.25, 0.3) is 0 Å². The number of rotatable bonds is 4. The van der Waals surface area contributed by atoms with Crippen molar-refractivity contribution in [2.75, 3.05) is 6.54 Å². The fourth-order valence-electron chi connectivity index (χ4n) is 0.915. The molecule has 0 saturated carbocycles. The average molecular weight is 337 g/mol. The van der Waals surface area contributed by atoms with Gasteiger partial charge in [0, 0.05) is 10.1 Å². The van der Waals surface area contributed by atoms with Gasteiger partial charge in [0.2, 0.25) is 10.0 Å². The molecule has 0 fully saturated rings. The average Bonchev–Trinajstić information content (AvgIpc) is 2.16. The summed E-state index contributed by atoms with van der Waals surface area (Å²) in [4.78, 5) is 0.282. The van der Waals surface area contributed by atoms with Crippen molar-refractivity contribution in [3.05, 3.63) is 40.0 Å². The first-order chi connectivity index (χ1) is 6.92. The van der Waals surface area contributed by atoms with Crippen LogP contribution in [-0.4, -0.2) is 15.0 Å². The molecule has 1 N–H and O–H groups in total. The highest BCUT2D eigenvalue weighted by Gasteiger charge is 2.12. The number of sulfonamides is 1. The van der Waals surface area contributed by atoms with Crippen LogP contribution in [0, 0.1) is 3.57 Å². The Labute approximate surface area is 104 Å². The van der Waals surface area contributed by atoms with Crippen LogP contribution in [-0.2, 0) is 10.0 Å². The summed E-state index contributed by atoms with van der Waals surface area (Å²) in [6, 6.07) is 6.69. The molecule has 15 heavy (non-hydrogen) atoms. The van der Waals surface area contributed by atoms with Crippen molar-refractivity contribution in [1.82, 2.24) is 4.72 Å². The van der Waals surface area contributed by atoms with E-state index in [1.165, 1.54) is 0 Å². The minimum Gasteiger partial charge on any atom is -0.207 e. The third-order valence-corrected chi connectivity index (χ3v) is 3.82. The van der Waals surface area contributed by atoms with Gasteiger partial charge >= 0.3 is 0 Å². The molecule has 0 aromatic heterocycles. The third kappa shape index (κ3) is 3.92. The molecule has 0 bridgehead atoms. The second-order valence-electron chi connectivity index (χ2n) is 3.24. The van der Waals surface area contributed by atoms with Crippen LogP contribution in [0.15, 0.2) is 41.3 Å². The first kappa shape index (κ1) is 12.7. The Bertz CT molecular complexity index is 451. The Balaban J connectivity index is 2.87. The normalized spacial score (nSPS) is 11.3. The topological polar surface area (TPSA) is 46.2 Å². The van der Waals surface area contributed by atoms with Crippen LogP contribution in [0.2, 0.25) is 0 Å². The smallest absolute Gasteiger partial charge is 0.207 e. The van der Waals surface area contributed by atoms with Gasteiger partial charge in [0.15, 0.2) is 0 Å². The van der Waals surface area contributed by atoms with Gasteiger partial charge in [-0.05, 0) is 53.8 Å². The van der Waals surface area contributed by atoms with Crippen molar-refractivity contribution in [2.45, 2.75) is 11.8 Å². The summed E-state index contributed by atoms with van der Waals surface area (Å²) in [6.07, 6.45) is 0. The Morgan fingerprint density at radius 3 is 2.40 bits per heavy atom. The fourth-order valence-corrected chi connectivity index (χ4v) is 2.37. The molecule has 1 rings (SSSR count). The zero-order valence-corrected chi connectivity index (χ0v) is 11.3. The van der Waals surface area contributed by atoms with Gasteiger partial charge in [-0.2, -0.15) is 0 Å². The molecule has 0 radical (unpaired) electrons. The molecule has 0 amide bonds. The Kier molecular flexibility index (Phi) is 4.30. The fraction of sp³-hybridized carbons (Fsp3) is 0.200. The highest BCUT2D eigenvalue weighted by Crippen LogP contribution is 2.11. The van der Waals surface area contributed by atoms with Crippen LogP contribution in [0.1, 0.15) is 6.92 Å². The molecule has 0 spiro atoms. The zero-order valence-electron chi connectivity index (χ0n) is 8.33. The van der Waals surface area contributed by atoms with Crippen LogP contribution in [0.25, 0.3) is 0 Å². The van der Waals surface area contributed by atoms with E-state index in [1.54, 1.807) is 31.2 Å². The Morgan fingerprint density at radius 1 is 1.40 bits per heavy atom. The van der Waals surface area contributed by atoms with E-state index >= 15 is 0 Å². The zero-order chi connectivity index (χ0) is 11.5. The molecular formula is C10H12INO2S. The monoisotopic (exact) mass is 337 g/mol. The number of benzene rings is 1. The van der Waals surface area contributed by atoms with Crippen molar-refractivity contribution in [1.29, 1.82) is 0 Å². The van der Waals surface area contributed by atoms with Gasteiger partial charge in [0.1, 0.15) is 0 Å². The molecular weight excluding hydrogens is 325 g/mol. The van der Waals surface area contributed by atoms with Gasteiger partial charge < -0.3 is 0 Å². The molecule has 82 valence electrons. The summed E-state index contributed by atoms with van der Waals surface area (Å²) >= 11 is 2.13.